The summed E-state index contributed by atoms with van der Waals surface area (Å²) < 4.78 is 88.9. The minimum atomic E-state index is -4.52. The Morgan fingerprint density at radius 1 is 0.957 bits per heavy atom. The van der Waals surface area contributed by atoms with Gasteiger partial charge in [-0.15, -0.1) is 0 Å². The van der Waals surface area contributed by atoms with Gasteiger partial charge < -0.3 is 13.6 Å². The molecule has 0 aromatic carbocycles. The quantitative estimate of drug-likeness (QED) is 0.220. The van der Waals surface area contributed by atoms with Crippen LogP contribution in [0.2, 0.25) is 0 Å². The maximum absolute atomic E-state index is 11.2. The Morgan fingerprint density at radius 3 is 1.57 bits per heavy atom. The molecule has 1 unspecified atom stereocenters. The number of sulfonamides is 1. The van der Waals surface area contributed by atoms with E-state index in [1.54, 1.807) is 0 Å². The van der Waals surface area contributed by atoms with Crippen LogP contribution >= 0.6 is 0 Å². The summed E-state index contributed by atoms with van der Waals surface area (Å²) in [7, 11) is -12.6. The van der Waals surface area contributed by atoms with Crippen LogP contribution in [-0.2, 0) is 30.3 Å². The van der Waals surface area contributed by atoms with Gasteiger partial charge in [0.15, 0.2) is 6.17 Å². The molecule has 15 heteroatoms. The zero-order chi connectivity index (χ0) is 16.5. The van der Waals surface area contributed by atoms with E-state index in [4.69, 9.17) is 0 Å². The van der Waals surface area contributed by atoms with Gasteiger partial charge in [0.2, 0.25) is 10.0 Å². The zero-order valence-corrected chi connectivity index (χ0v) is 22.0. The number of rotatable bonds is 8. The van der Waals surface area contributed by atoms with Gasteiger partial charge in [0.1, 0.15) is 20.2 Å². The first kappa shape index (κ1) is 28.2. The van der Waals surface area contributed by atoms with Crippen molar-refractivity contribution in [2.24, 2.45) is 0 Å². The van der Waals surface area contributed by atoms with Gasteiger partial charge in [0.25, 0.3) is 0 Å². The van der Waals surface area contributed by atoms with Crippen molar-refractivity contribution < 1.29 is 142 Å². The molecule has 1 rings (SSSR count). The molecule has 0 amide bonds. The largest absolute Gasteiger partial charge is 1.00 e. The van der Waals surface area contributed by atoms with Crippen molar-refractivity contribution in [2.45, 2.75) is 12.6 Å². The summed E-state index contributed by atoms with van der Waals surface area (Å²) in [6, 6.07) is 0. The van der Waals surface area contributed by atoms with Crippen LogP contribution in [0, 0.1) is 0 Å². The number of nitrogens with one attached hydrogen (secondary N) is 1. The number of quaternary nitrogens is 1. The molecule has 1 fully saturated rings. The van der Waals surface area contributed by atoms with Crippen molar-refractivity contribution in [3.05, 3.63) is 0 Å². The molecule has 1 saturated heterocycles. The summed E-state index contributed by atoms with van der Waals surface area (Å²) in [4.78, 5) is 0. The first-order chi connectivity index (χ1) is 9.23. The summed E-state index contributed by atoms with van der Waals surface area (Å²) in [5.74, 6) is -1.51. The minimum absolute atomic E-state index is 0. The summed E-state index contributed by atoms with van der Waals surface area (Å²) in [6.07, 6.45) is 0.544. The first-order valence-electron chi connectivity index (χ1n) is 5.93. The molecule has 0 bridgehead atoms. The molecule has 1 N–H and O–H groups in total. The summed E-state index contributed by atoms with van der Waals surface area (Å²) in [5, 5.41) is 0. The van der Waals surface area contributed by atoms with Crippen LogP contribution in [0.25, 0.3) is 0 Å². The molecule has 23 heavy (non-hydrogen) atoms. The van der Waals surface area contributed by atoms with Gasteiger partial charge >= 0.3 is 103 Å². The van der Waals surface area contributed by atoms with Gasteiger partial charge in [0, 0.05) is 0 Å². The Labute approximate surface area is 222 Å². The van der Waals surface area contributed by atoms with Crippen LogP contribution in [-0.4, -0.2) is 82.4 Å². The molecular weight excluding hydrogens is 426 g/mol. The number of hydrogen-bond donors (Lipinski definition) is 1. The Morgan fingerprint density at radius 2 is 1.35 bits per heavy atom. The monoisotopic (exact) mass is 443 g/mol. The second-order valence-corrected chi connectivity index (χ2v) is 9.93. The van der Waals surface area contributed by atoms with E-state index in [2.05, 4.69) is 4.72 Å². The minimum Gasteiger partial charge on any atom is -0.748 e. The molecule has 0 radical (unpaired) electrons. The SMILES string of the molecule is CS(=O)(=O)NC1CC[N+]1(CCS(=O)(=O)[O-])CCS(=O)(=O)[O-].[K+].[K+]. The standard InChI is InChI=1S/C8H18N2O8S3.2K/c1-19(11,12)9-8-2-3-10(8,4-6-20(13,14)15)5-7-21(16,17)18;;/h8-9H,2-7H2,1H3,(H-,13,14,15,16,17,18);;/q;2*+1/p-1. The van der Waals surface area contributed by atoms with E-state index in [9.17, 15) is 34.4 Å². The van der Waals surface area contributed by atoms with E-state index < -0.39 is 47.9 Å². The number of likely N-dealkylation sites (tertiary alicyclic amines) is 1. The average molecular weight is 444 g/mol. The fourth-order valence-corrected chi connectivity index (χ4v) is 4.29. The van der Waals surface area contributed by atoms with Crippen molar-refractivity contribution in [3.8, 4) is 0 Å². The predicted octanol–water partition coefficient (Wildman–Crippen LogP) is -8.82. The molecule has 1 heterocycles. The van der Waals surface area contributed by atoms with Gasteiger partial charge in [-0.05, 0) is 0 Å². The Balaban J connectivity index is 0. The molecule has 10 nitrogen and oxygen atoms in total. The Hall–Kier alpha value is 2.96. The van der Waals surface area contributed by atoms with E-state index in [0.29, 0.717) is 6.42 Å². The molecule has 0 saturated carbocycles. The molecule has 0 spiro atoms. The van der Waals surface area contributed by atoms with E-state index in [0.717, 1.165) is 6.26 Å². The average Bonchev–Trinajstić information content (AvgIpc) is 2.21. The van der Waals surface area contributed by atoms with Crippen LogP contribution in [0.4, 0.5) is 0 Å². The molecule has 0 aromatic rings. The first-order valence-corrected chi connectivity index (χ1v) is 11.0. The zero-order valence-electron chi connectivity index (χ0n) is 13.3. The summed E-state index contributed by atoms with van der Waals surface area (Å²) in [6.45, 7) is -0.193. The van der Waals surface area contributed by atoms with Crippen molar-refractivity contribution in [3.63, 3.8) is 0 Å². The molecular formula is C8H17K2N2O8S3+. The Bertz CT molecular complexity index is 655. The molecule has 1 aliphatic heterocycles. The van der Waals surface area contributed by atoms with E-state index in [1.807, 2.05) is 0 Å². The number of nitrogens with zero attached hydrogens (tertiary/aromatic N) is 1. The third-order valence-corrected chi connectivity index (χ3v) is 5.50. The van der Waals surface area contributed by atoms with Gasteiger partial charge in [0.05, 0.1) is 43.8 Å². The second-order valence-electron chi connectivity index (χ2n) is 5.11. The van der Waals surface area contributed by atoms with Crippen LogP contribution in [0.15, 0.2) is 0 Å². The van der Waals surface area contributed by atoms with Gasteiger partial charge in [-0.1, -0.05) is 0 Å². The van der Waals surface area contributed by atoms with Crippen molar-refractivity contribution in [1.82, 2.24) is 4.72 Å². The van der Waals surface area contributed by atoms with Gasteiger partial charge in [-0.2, -0.15) is 4.72 Å². The molecule has 126 valence electrons. The number of hydrogen-bond acceptors (Lipinski definition) is 8. The van der Waals surface area contributed by atoms with Crippen molar-refractivity contribution >= 4 is 30.3 Å². The fourth-order valence-electron chi connectivity index (χ4n) is 2.28. The van der Waals surface area contributed by atoms with Crippen LogP contribution < -0.4 is 107 Å². The fraction of sp³-hybridized carbons (Fsp3) is 1.00. The maximum atomic E-state index is 11.2. The molecule has 0 aliphatic carbocycles. The third-order valence-electron chi connectivity index (χ3n) is 3.43. The summed E-state index contributed by atoms with van der Waals surface area (Å²) >= 11 is 0. The second kappa shape index (κ2) is 10.5. The normalized spacial score (nSPS) is 20.7. The maximum Gasteiger partial charge on any atom is 1.00 e. The van der Waals surface area contributed by atoms with E-state index in [-0.39, 0.29) is 127 Å². The summed E-state index contributed by atoms with van der Waals surface area (Å²) in [5.41, 5.74) is 0. The van der Waals surface area contributed by atoms with E-state index >= 15 is 0 Å². The van der Waals surface area contributed by atoms with Crippen LogP contribution in [0.5, 0.6) is 0 Å². The topological polar surface area (TPSA) is 161 Å². The van der Waals surface area contributed by atoms with Crippen LogP contribution in [0.1, 0.15) is 6.42 Å². The molecule has 0 aromatic heterocycles. The van der Waals surface area contributed by atoms with Crippen molar-refractivity contribution in [1.29, 1.82) is 0 Å². The van der Waals surface area contributed by atoms with Gasteiger partial charge in [-0.3, -0.25) is 0 Å². The van der Waals surface area contributed by atoms with Gasteiger partial charge in [-0.25, -0.2) is 25.3 Å². The van der Waals surface area contributed by atoms with Crippen molar-refractivity contribution in [2.75, 3.05) is 37.4 Å². The third kappa shape index (κ3) is 11.4. The molecule has 1 atom stereocenters. The molecule has 1 aliphatic rings. The predicted molar refractivity (Wildman–Crippen MR) is 70.4 cm³/mol. The van der Waals surface area contributed by atoms with E-state index in [1.165, 1.54) is 0 Å². The van der Waals surface area contributed by atoms with Crippen LogP contribution in [0.3, 0.4) is 0 Å². The Kier molecular flexibility index (Phi) is 12.9. The smallest absolute Gasteiger partial charge is 0.748 e.